The van der Waals surface area contributed by atoms with Crippen LogP contribution in [0.15, 0.2) is 12.1 Å². The van der Waals surface area contributed by atoms with Gasteiger partial charge in [0.05, 0.1) is 7.11 Å². The van der Waals surface area contributed by atoms with E-state index in [0.29, 0.717) is 6.54 Å². The van der Waals surface area contributed by atoms with E-state index in [9.17, 15) is 9.90 Å². The quantitative estimate of drug-likeness (QED) is 0.856. The molecule has 2 N–H and O–H groups in total. The molecule has 0 aromatic heterocycles. The maximum absolute atomic E-state index is 11.6. The molecular weight excluding hydrogens is 230 g/mol. The van der Waals surface area contributed by atoms with E-state index in [1.807, 2.05) is 26.0 Å². The van der Waals surface area contributed by atoms with E-state index < -0.39 is 5.60 Å². The maximum atomic E-state index is 11.6. The molecule has 0 fully saturated rings. The monoisotopic (exact) mass is 251 g/mol. The molecule has 0 aliphatic carbocycles. The van der Waals surface area contributed by atoms with E-state index in [2.05, 4.69) is 5.32 Å². The van der Waals surface area contributed by atoms with Crippen molar-refractivity contribution in [1.82, 2.24) is 5.32 Å². The van der Waals surface area contributed by atoms with Gasteiger partial charge in [-0.25, -0.2) is 0 Å². The van der Waals surface area contributed by atoms with E-state index in [-0.39, 0.29) is 5.91 Å². The number of benzene rings is 1. The summed E-state index contributed by atoms with van der Waals surface area (Å²) >= 11 is 0. The summed E-state index contributed by atoms with van der Waals surface area (Å²) in [5, 5.41) is 12.3. The molecule has 1 aromatic rings. The Kier molecular flexibility index (Phi) is 4.35. The standard InChI is InChI=1S/C14H21NO3/c1-9-10(2)12(18-5)7-6-11(9)8-15-13(16)14(3,4)17/h6-7,17H,8H2,1-5H3,(H,15,16). The van der Waals surface area contributed by atoms with Gasteiger partial charge >= 0.3 is 0 Å². The molecule has 0 aliphatic heterocycles. The van der Waals surface area contributed by atoms with Crippen LogP contribution in [0.3, 0.4) is 0 Å². The number of ether oxygens (including phenoxy) is 1. The highest BCUT2D eigenvalue weighted by Gasteiger charge is 2.23. The molecule has 0 bridgehead atoms. The molecule has 18 heavy (non-hydrogen) atoms. The van der Waals surface area contributed by atoms with E-state index in [4.69, 9.17) is 4.74 Å². The van der Waals surface area contributed by atoms with Crippen molar-refractivity contribution in [2.45, 2.75) is 39.8 Å². The van der Waals surface area contributed by atoms with Gasteiger partial charge < -0.3 is 15.2 Å². The minimum Gasteiger partial charge on any atom is -0.496 e. The Balaban J connectivity index is 2.81. The number of nitrogens with one attached hydrogen (secondary N) is 1. The number of methoxy groups -OCH3 is 1. The second-order valence-corrected chi connectivity index (χ2v) is 4.92. The number of hydrogen-bond donors (Lipinski definition) is 2. The van der Waals surface area contributed by atoms with Gasteiger partial charge in [-0.1, -0.05) is 6.07 Å². The molecule has 100 valence electrons. The third-order valence-corrected chi connectivity index (χ3v) is 3.06. The lowest BCUT2D eigenvalue weighted by molar-refractivity contribution is -0.136. The van der Waals surface area contributed by atoms with Crippen molar-refractivity contribution < 1.29 is 14.6 Å². The average Bonchev–Trinajstić information content (AvgIpc) is 2.29. The summed E-state index contributed by atoms with van der Waals surface area (Å²) in [6.07, 6.45) is 0. The third kappa shape index (κ3) is 3.23. The van der Waals surface area contributed by atoms with Crippen molar-refractivity contribution in [3.8, 4) is 5.75 Å². The fraction of sp³-hybridized carbons (Fsp3) is 0.500. The van der Waals surface area contributed by atoms with Gasteiger partial charge in [0.1, 0.15) is 11.4 Å². The van der Waals surface area contributed by atoms with Gasteiger partial charge in [-0.3, -0.25) is 4.79 Å². The minimum atomic E-state index is -1.35. The van der Waals surface area contributed by atoms with Crippen LogP contribution in [0.1, 0.15) is 30.5 Å². The molecule has 4 nitrogen and oxygen atoms in total. The Bertz CT molecular complexity index is 447. The predicted molar refractivity (Wildman–Crippen MR) is 70.6 cm³/mol. The number of amides is 1. The first-order valence-corrected chi connectivity index (χ1v) is 5.91. The van der Waals surface area contributed by atoms with E-state index >= 15 is 0 Å². The summed E-state index contributed by atoms with van der Waals surface area (Å²) in [7, 11) is 1.64. The number of rotatable bonds is 4. The molecule has 0 saturated carbocycles. The Labute approximate surface area is 108 Å². The molecule has 1 aromatic carbocycles. The number of hydrogen-bond acceptors (Lipinski definition) is 3. The largest absolute Gasteiger partial charge is 0.496 e. The highest BCUT2D eigenvalue weighted by Crippen LogP contribution is 2.23. The number of aliphatic hydroxyl groups is 1. The van der Waals surface area contributed by atoms with Crippen LogP contribution in [0.2, 0.25) is 0 Å². The fourth-order valence-corrected chi connectivity index (χ4v) is 1.66. The lowest BCUT2D eigenvalue weighted by Gasteiger charge is -2.18. The van der Waals surface area contributed by atoms with Crippen molar-refractivity contribution in [3.05, 3.63) is 28.8 Å². The van der Waals surface area contributed by atoms with E-state index in [0.717, 1.165) is 22.4 Å². The van der Waals surface area contributed by atoms with Gasteiger partial charge in [0, 0.05) is 6.54 Å². The summed E-state index contributed by atoms with van der Waals surface area (Å²) in [6.45, 7) is 7.31. The van der Waals surface area contributed by atoms with Crippen LogP contribution in [0.5, 0.6) is 5.75 Å². The second-order valence-electron chi connectivity index (χ2n) is 4.92. The molecule has 0 atom stereocenters. The fourth-order valence-electron chi connectivity index (χ4n) is 1.66. The van der Waals surface area contributed by atoms with Crippen LogP contribution in [0, 0.1) is 13.8 Å². The van der Waals surface area contributed by atoms with Crippen molar-refractivity contribution >= 4 is 5.91 Å². The maximum Gasteiger partial charge on any atom is 0.251 e. The molecule has 1 rings (SSSR count). The molecule has 0 radical (unpaired) electrons. The highest BCUT2D eigenvalue weighted by molar-refractivity contribution is 5.83. The lowest BCUT2D eigenvalue weighted by atomic mass is 10.0. The van der Waals surface area contributed by atoms with Gasteiger partial charge in [0.15, 0.2) is 0 Å². The summed E-state index contributed by atoms with van der Waals surface area (Å²) in [4.78, 5) is 11.6. The zero-order valence-corrected chi connectivity index (χ0v) is 11.6. The van der Waals surface area contributed by atoms with Crippen LogP contribution in [-0.4, -0.2) is 23.7 Å². The third-order valence-electron chi connectivity index (χ3n) is 3.06. The van der Waals surface area contributed by atoms with Crippen LogP contribution in [0.25, 0.3) is 0 Å². The first-order chi connectivity index (χ1) is 8.27. The lowest BCUT2D eigenvalue weighted by Crippen LogP contribution is -2.41. The molecular formula is C14H21NO3. The Morgan fingerprint density at radius 2 is 1.94 bits per heavy atom. The summed E-state index contributed by atoms with van der Waals surface area (Å²) in [5.41, 5.74) is 1.82. The van der Waals surface area contributed by atoms with Gasteiger partial charge in [-0.15, -0.1) is 0 Å². The molecule has 1 amide bonds. The molecule has 0 heterocycles. The van der Waals surface area contributed by atoms with E-state index in [1.54, 1.807) is 7.11 Å². The van der Waals surface area contributed by atoms with Crippen LogP contribution < -0.4 is 10.1 Å². The van der Waals surface area contributed by atoms with Gasteiger partial charge in [0.25, 0.3) is 5.91 Å². The number of carbonyl (C=O) groups is 1. The average molecular weight is 251 g/mol. The van der Waals surface area contributed by atoms with Crippen LogP contribution in [0.4, 0.5) is 0 Å². The Morgan fingerprint density at radius 1 is 1.33 bits per heavy atom. The van der Waals surface area contributed by atoms with Crippen molar-refractivity contribution in [2.75, 3.05) is 7.11 Å². The first-order valence-electron chi connectivity index (χ1n) is 5.91. The molecule has 0 spiro atoms. The number of carbonyl (C=O) groups excluding carboxylic acids is 1. The van der Waals surface area contributed by atoms with Gasteiger partial charge in [-0.2, -0.15) is 0 Å². The minimum absolute atomic E-state index is 0.379. The summed E-state index contributed by atoms with van der Waals surface area (Å²) < 4.78 is 5.23. The molecule has 0 aliphatic rings. The summed E-state index contributed by atoms with van der Waals surface area (Å²) in [5.74, 6) is 0.459. The zero-order chi connectivity index (χ0) is 13.9. The molecule has 4 heteroatoms. The molecule has 0 unspecified atom stereocenters. The predicted octanol–water partition coefficient (Wildman–Crippen LogP) is 1.70. The van der Waals surface area contributed by atoms with Crippen molar-refractivity contribution in [3.63, 3.8) is 0 Å². The smallest absolute Gasteiger partial charge is 0.251 e. The van der Waals surface area contributed by atoms with Crippen molar-refractivity contribution in [2.24, 2.45) is 0 Å². The molecule has 0 saturated heterocycles. The highest BCUT2D eigenvalue weighted by atomic mass is 16.5. The topological polar surface area (TPSA) is 58.6 Å². The van der Waals surface area contributed by atoms with Crippen LogP contribution in [-0.2, 0) is 11.3 Å². The summed E-state index contributed by atoms with van der Waals surface area (Å²) in [6, 6.07) is 3.81. The van der Waals surface area contributed by atoms with Crippen LogP contribution >= 0.6 is 0 Å². The van der Waals surface area contributed by atoms with Crippen molar-refractivity contribution in [1.29, 1.82) is 0 Å². The van der Waals surface area contributed by atoms with E-state index in [1.165, 1.54) is 13.8 Å². The Hall–Kier alpha value is -1.55. The SMILES string of the molecule is COc1ccc(CNC(=O)C(C)(C)O)c(C)c1C. The first kappa shape index (κ1) is 14.5. The Morgan fingerprint density at radius 3 is 2.44 bits per heavy atom. The zero-order valence-electron chi connectivity index (χ0n) is 11.6. The van der Waals surface area contributed by atoms with Gasteiger partial charge in [0.2, 0.25) is 0 Å². The van der Waals surface area contributed by atoms with Gasteiger partial charge in [-0.05, 0) is 50.5 Å². The second kappa shape index (κ2) is 5.40. The normalized spacial score (nSPS) is 11.2.